The molecule has 0 bridgehead atoms. The Morgan fingerprint density at radius 2 is 2.38 bits per heavy atom. The first-order chi connectivity index (χ1) is 7.71. The van der Waals surface area contributed by atoms with E-state index in [1.807, 2.05) is 6.07 Å². The lowest BCUT2D eigenvalue weighted by Crippen LogP contribution is -2.10. The molecule has 0 saturated carbocycles. The predicted molar refractivity (Wildman–Crippen MR) is 62.6 cm³/mol. The molecule has 0 fully saturated rings. The van der Waals surface area contributed by atoms with Crippen LogP contribution in [-0.2, 0) is 0 Å². The summed E-state index contributed by atoms with van der Waals surface area (Å²) in [7, 11) is 0. The number of nitrogens with zero attached hydrogens (tertiary/aromatic N) is 1. The zero-order valence-electron chi connectivity index (χ0n) is 8.41. The number of nitrogens with two attached hydrogens (primary N) is 1. The normalized spacial score (nSPS) is 11.0. The molecule has 0 amide bonds. The summed E-state index contributed by atoms with van der Waals surface area (Å²) in [5.41, 5.74) is 6.18. The molecule has 1 rings (SSSR count). The van der Waals surface area contributed by atoms with Gasteiger partial charge in [0.1, 0.15) is 18.4 Å². The fraction of sp³-hybridized carbons (Fsp3) is 0.182. The van der Waals surface area contributed by atoms with E-state index in [2.05, 4.69) is 15.9 Å². The van der Waals surface area contributed by atoms with Crippen molar-refractivity contribution in [1.29, 1.82) is 5.26 Å². The van der Waals surface area contributed by atoms with Crippen LogP contribution in [0.25, 0.3) is 0 Å². The molecule has 0 unspecified atom stereocenters. The third-order valence-corrected chi connectivity index (χ3v) is 2.56. The van der Waals surface area contributed by atoms with Crippen molar-refractivity contribution >= 4 is 15.9 Å². The molecule has 0 radical (unpaired) electrons. The highest BCUT2D eigenvalue weighted by molar-refractivity contribution is 9.10. The summed E-state index contributed by atoms with van der Waals surface area (Å²) >= 11 is 3.23. The van der Waals surface area contributed by atoms with Crippen LogP contribution in [0.3, 0.4) is 0 Å². The monoisotopic (exact) mass is 284 g/mol. The topological polar surface area (TPSA) is 59.0 Å². The Labute approximate surface area is 101 Å². The first-order valence-electron chi connectivity index (χ1n) is 4.52. The number of benzene rings is 1. The van der Waals surface area contributed by atoms with Crippen molar-refractivity contribution in [3.05, 3.63) is 40.1 Å². The second kappa shape index (κ2) is 6.26. The number of ether oxygens (including phenoxy) is 1. The van der Waals surface area contributed by atoms with Crippen molar-refractivity contribution in [2.24, 2.45) is 5.73 Å². The Bertz CT molecular complexity index is 440. The lowest BCUT2D eigenvalue weighted by atomic mass is 10.2. The van der Waals surface area contributed by atoms with Crippen molar-refractivity contribution in [2.75, 3.05) is 13.2 Å². The maximum atomic E-state index is 12.2. The van der Waals surface area contributed by atoms with E-state index in [1.54, 1.807) is 18.2 Å². The number of halogens is 2. The van der Waals surface area contributed by atoms with Gasteiger partial charge in [-0.25, -0.2) is 4.39 Å². The quantitative estimate of drug-likeness (QED) is 0.924. The van der Waals surface area contributed by atoms with Gasteiger partial charge >= 0.3 is 0 Å². The summed E-state index contributed by atoms with van der Waals surface area (Å²) in [6.07, 6.45) is 0.443. The fourth-order valence-corrected chi connectivity index (χ4v) is 1.43. The summed E-state index contributed by atoms with van der Waals surface area (Å²) in [5, 5.41) is 8.71. The molecule has 0 spiro atoms. The van der Waals surface area contributed by atoms with Gasteiger partial charge in [-0.1, -0.05) is 0 Å². The largest absolute Gasteiger partial charge is 0.489 e. The van der Waals surface area contributed by atoms with E-state index in [9.17, 15) is 4.39 Å². The van der Waals surface area contributed by atoms with Gasteiger partial charge in [-0.15, -0.1) is 0 Å². The molecule has 0 saturated heterocycles. The number of rotatable bonds is 4. The molecule has 3 nitrogen and oxygen atoms in total. The van der Waals surface area contributed by atoms with Gasteiger partial charge in [0.25, 0.3) is 0 Å². The molecule has 5 heteroatoms. The minimum atomic E-state index is 0.103. The van der Waals surface area contributed by atoms with Gasteiger partial charge in [-0.2, -0.15) is 5.26 Å². The van der Waals surface area contributed by atoms with E-state index in [4.69, 9.17) is 15.7 Å². The Kier molecular flexibility index (Phi) is 4.96. The molecule has 1 aromatic carbocycles. The zero-order valence-corrected chi connectivity index (χ0v) is 10.00. The first-order valence-corrected chi connectivity index (χ1v) is 5.31. The molecule has 1 aromatic rings. The van der Waals surface area contributed by atoms with E-state index >= 15 is 0 Å². The number of hydrogen-bond donors (Lipinski definition) is 1. The molecule has 0 aliphatic carbocycles. The first kappa shape index (κ1) is 12.7. The van der Waals surface area contributed by atoms with Crippen LogP contribution in [0.4, 0.5) is 4.39 Å². The summed E-state index contributed by atoms with van der Waals surface area (Å²) in [4.78, 5) is 0. The van der Waals surface area contributed by atoms with E-state index in [1.165, 1.54) is 0 Å². The number of hydrogen-bond acceptors (Lipinski definition) is 3. The summed E-state index contributed by atoms with van der Waals surface area (Å²) in [6, 6.07) is 6.95. The van der Waals surface area contributed by atoms with Crippen LogP contribution >= 0.6 is 15.9 Å². The van der Waals surface area contributed by atoms with Crippen LogP contribution < -0.4 is 10.5 Å². The van der Waals surface area contributed by atoms with Crippen molar-refractivity contribution < 1.29 is 9.13 Å². The van der Waals surface area contributed by atoms with Crippen LogP contribution in [-0.4, -0.2) is 13.2 Å². The van der Waals surface area contributed by atoms with Crippen LogP contribution in [0.2, 0.25) is 0 Å². The van der Waals surface area contributed by atoms with Crippen LogP contribution in [0.15, 0.2) is 34.6 Å². The third kappa shape index (κ3) is 3.33. The minimum Gasteiger partial charge on any atom is -0.489 e. The van der Waals surface area contributed by atoms with E-state index in [-0.39, 0.29) is 13.2 Å². The summed E-state index contributed by atoms with van der Waals surface area (Å²) in [5.74, 6) is 0.554. The van der Waals surface area contributed by atoms with Gasteiger partial charge in [-0.3, -0.25) is 0 Å². The second-order valence-corrected chi connectivity index (χ2v) is 3.87. The Morgan fingerprint density at radius 3 is 2.88 bits per heavy atom. The minimum absolute atomic E-state index is 0.103. The average Bonchev–Trinajstić information content (AvgIpc) is 2.30. The Hall–Kier alpha value is -1.38. The van der Waals surface area contributed by atoms with Gasteiger partial charge < -0.3 is 10.5 Å². The molecule has 0 atom stereocenters. The van der Waals surface area contributed by atoms with Gasteiger partial charge in [0.15, 0.2) is 0 Å². The lowest BCUT2D eigenvalue weighted by molar-refractivity contribution is 0.347. The molecule has 0 aliphatic heterocycles. The van der Waals surface area contributed by atoms with Crippen molar-refractivity contribution in [1.82, 2.24) is 0 Å². The maximum Gasteiger partial charge on any atom is 0.121 e. The maximum absolute atomic E-state index is 12.2. The van der Waals surface area contributed by atoms with Gasteiger partial charge in [0.2, 0.25) is 0 Å². The molecule has 0 heterocycles. The lowest BCUT2D eigenvalue weighted by Gasteiger charge is -2.07. The predicted octanol–water partition coefficient (Wildman–Crippen LogP) is 2.51. The summed E-state index contributed by atoms with van der Waals surface area (Å²) < 4.78 is 18.1. The van der Waals surface area contributed by atoms with E-state index < -0.39 is 0 Å². The number of nitriles is 1. The molecule has 2 N–H and O–H groups in total. The van der Waals surface area contributed by atoms with Crippen LogP contribution in [0.1, 0.15) is 5.56 Å². The van der Waals surface area contributed by atoms with Crippen molar-refractivity contribution in [3.63, 3.8) is 0 Å². The van der Waals surface area contributed by atoms with Crippen molar-refractivity contribution in [3.8, 4) is 11.8 Å². The molecular formula is C11H10BrFN2O. The van der Waals surface area contributed by atoms with Gasteiger partial charge in [-0.05, 0) is 34.1 Å². The Balaban J connectivity index is 2.70. The highest BCUT2D eigenvalue weighted by atomic mass is 79.9. The molecule has 16 heavy (non-hydrogen) atoms. The molecule has 84 valence electrons. The van der Waals surface area contributed by atoms with E-state index in [0.717, 1.165) is 0 Å². The average molecular weight is 285 g/mol. The Morgan fingerprint density at radius 1 is 1.62 bits per heavy atom. The smallest absolute Gasteiger partial charge is 0.121 e. The molecule has 0 aliphatic rings. The standard InChI is InChI=1S/C11H10BrFN2O/c12-11-3-10(2-1-9(11)6-15)16-7-8(4-13)5-14/h1-4H,5,7,14H2. The highest BCUT2D eigenvalue weighted by Gasteiger charge is 2.02. The highest BCUT2D eigenvalue weighted by Crippen LogP contribution is 2.22. The van der Waals surface area contributed by atoms with Crippen LogP contribution in [0.5, 0.6) is 5.75 Å². The summed E-state index contributed by atoms with van der Waals surface area (Å²) in [6.45, 7) is 0.222. The second-order valence-electron chi connectivity index (χ2n) is 3.01. The van der Waals surface area contributed by atoms with Crippen molar-refractivity contribution in [2.45, 2.75) is 0 Å². The third-order valence-electron chi connectivity index (χ3n) is 1.90. The van der Waals surface area contributed by atoms with E-state index in [0.29, 0.717) is 27.7 Å². The molecular weight excluding hydrogens is 275 g/mol. The van der Waals surface area contributed by atoms with Gasteiger partial charge in [0, 0.05) is 16.6 Å². The van der Waals surface area contributed by atoms with Crippen LogP contribution in [0, 0.1) is 11.3 Å². The van der Waals surface area contributed by atoms with Gasteiger partial charge in [0.05, 0.1) is 11.9 Å². The zero-order chi connectivity index (χ0) is 12.0. The molecule has 0 aromatic heterocycles. The SMILES string of the molecule is N#Cc1ccc(OCC(=CF)CN)cc1Br. The fourth-order valence-electron chi connectivity index (χ4n) is 0.987.